The quantitative estimate of drug-likeness (QED) is 0.760. The van der Waals surface area contributed by atoms with Crippen molar-refractivity contribution in [2.24, 2.45) is 4.99 Å². The second kappa shape index (κ2) is 5.83. The summed E-state index contributed by atoms with van der Waals surface area (Å²) < 4.78 is 6.19. The molecule has 0 saturated carbocycles. The lowest BCUT2D eigenvalue weighted by Crippen LogP contribution is -1.93. The highest BCUT2D eigenvalue weighted by atomic mass is 79.9. The van der Waals surface area contributed by atoms with E-state index in [1.54, 1.807) is 7.11 Å². The largest absolute Gasteiger partial charge is 0.497 e. The first-order valence-corrected chi connectivity index (χ1v) is 6.43. The maximum Gasteiger partial charge on any atom is 0.118 e. The molecule has 2 nitrogen and oxygen atoms in total. The Hall–Kier alpha value is -1.61. The van der Waals surface area contributed by atoms with Crippen LogP contribution in [0.15, 0.2) is 58.0 Å². The summed E-state index contributed by atoms with van der Waals surface area (Å²) in [6.45, 7) is 2.00. The van der Waals surface area contributed by atoms with Crippen molar-refractivity contribution >= 4 is 27.3 Å². The molecule has 0 aliphatic heterocycles. The number of ether oxygens (including phenoxy) is 1. The lowest BCUT2D eigenvalue weighted by Gasteiger charge is -2.03. The van der Waals surface area contributed by atoms with Gasteiger partial charge in [0.2, 0.25) is 0 Å². The van der Waals surface area contributed by atoms with E-state index < -0.39 is 0 Å². The van der Waals surface area contributed by atoms with E-state index in [2.05, 4.69) is 20.9 Å². The van der Waals surface area contributed by atoms with Crippen molar-refractivity contribution in [2.45, 2.75) is 6.92 Å². The Balaban J connectivity index is 2.23. The Bertz CT molecular complexity index is 544. The highest BCUT2D eigenvalue weighted by molar-refractivity contribution is 9.10. The van der Waals surface area contributed by atoms with Gasteiger partial charge < -0.3 is 4.74 Å². The molecule has 0 fully saturated rings. The molecule has 0 aliphatic rings. The zero-order valence-corrected chi connectivity index (χ0v) is 11.9. The molecule has 0 heterocycles. The first kappa shape index (κ1) is 12.8. The minimum absolute atomic E-state index is 0.857. The van der Waals surface area contributed by atoms with Crippen LogP contribution in [0.4, 0.5) is 5.69 Å². The molecule has 92 valence electrons. The highest BCUT2D eigenvalue weighted by Crippen LogP contribution is 2.19. The van der Waals surface area contributed by atoms with E-state index in [1.165, 1.54) is 0 Å². The summed E-state index contributed by atoms with van der Waals surface area (Å²) in [4.78, 5) is 4.58. The van der Waals surface area contributed by atoms with Crippen molar-refractivity contribution in [3.63, 3.8) is 0 Å². The Morgan fingerprint density at radius 2 is 1.61 bits per heavy atom. The number of rotatable bonds is 3. The molecule has 0 saturated heterocycles. The lowest BCUT2D eigenvalue weighted by molar-refractivity contribution is 0.415. The van der Waals surface area contributed by atoms with Gasteiger partial charge in [-0.15, -0.1) is 0 Å². The fraction of sp³-hybridized carbons (Fsp3) is 0.133. The monoisotopic (exact) mass is 303 g/mol. The molecule has 0 radical (unpaired) electrons. The van der Waals surface area contributed by atoms with E-state index in [-0.39, 0.29) is 0 Å². The van der Waals surface area contributed by atoms with Gasteiger partial charge in [0.05, 0.1) is 12.8 Å². The zero-order chi connectivity index (χ0) is 13.0. The second-order valence-corrected chi connectivity index (χ2v) is 4.82. The number of halogens is 1. The molecule has 3 heteroatoms. The van der Waals surface area contributed by atoms with E-state index >= 15 is 0 Å². The third-order valence-electron chi connectivity index (χ3n) is 2.63. The minimum atomic E-state index is 0.857. The van der Waals surface area contributed by atoms with Crippen LogP contribution in [0.5, 0.6) is 5.75 Å². The van der Waals surface area contributed by atoms with Crippen LogP contribution in [0.3, 0.4) is 0 Å². The van der Waals surface area contributed by atoms with Crippen LogP contribution in [0.25, 0.3) is 0 Å². The van der Waals surface area contributed by atoms with Gasteiger partial charge in [0.15, 0.2) is 0 Å². The Morgan fingerprint density at radius 3 is 2.17 bits per heavy atom. The summed E-state index contributed by atoms with van der Waals surface area (Å²) in [7, 11) is 1.66. The van der Waals surface area contributed by atoms with Gasteiger partial charge >= 0.3 is 0 Å². The summed E-state index contributed by atoms with van der Waals surface area (Å²) in [5.41, 5.74) is 3.03. The summed E-state index contributed by atoms with van der Waals surface area (Å²) in [5.74, 6) is 0.857. The van der Waals surface area contributed by atoms with Crippen LogP contribution < -0.4 is 4.74 Å². The van der Waals surface area contributed by atoms with Gasteiger partial charge in [-0.05, 0) is 61.0 Å². The van der Waals surface area contributed by atoms with Gasteiger partial charge in [0.25, 0.3) is 0 Å². The van der Waals surface area contributed by atoms with Gasteiger partial charge in [0.1, 0.15) is 5.75 Å². The molecular weight excluding hydrogens is 290 g/mol. The molecule has 0 unspecified atom stereocenters. The summed E-state index contributed by atoms with van der Waals surface area (Å²) in [5, 5.41) is 0. The molecule has 0 aromatic heterocycles. The normalized spacial score (nSPS) is 11.4. The molecular formula is C15H14BrNO. The van der Waals surface area contributed by atoms with Crippen LogP contribution in [-0.2, 0) is 0 Å². The number of nitrogens with zero attached hydrogens (tertiary/aromatic N) is 1. The number of hydrogen-bond donors (Lipinski definition) is 0. The topological polar surface area (TPSA) is 21.6 Å². The Morgan fingerprint density at radius 1 is 1.00 bits per heavy atom. The van der Waals surface area contributed by atoms with Gasteiger partial charge in [0, 0.05) is 10.2 Å². The van der Waals surface area contributed by atoms with Crippen molar-refractivity contribution in [3.05, 3.63) is 58.6 Å². The molecule has 0 atom stereocenters. The van der Waals surface area contributed by atoms with E-state index in [9.17, 15) is 0 Å². The minimum Gasteiger partial charge on any atom is -0.497 e. The predicted molar refractivity (Wildman–Crippen MR) is 79.0 cm³/mol. The molecule has 2 rings (SSSR count). The van der Waals surface area contributed by atoms with Gasteiger partial charge in [-0.25, -0.2) is 0 Å². The van der Waals surface area contributed by atoms with Crippen LogP contribution in [0.2, 0.25) is 0 Å². The standard InChI is InChI=1S/C15H14BrNO/c1-11(12-3-9-15(18-2)10-4-12)17-14-7-5-13(16)6-8-14/h3-10H,1-2H3. The first-order valence-electron chi connectivity index (χ1n) is 5.64. The number of benzene rings is 2. The van der Waals surface area contributed by atoms with E-state index in [0.717, 1.165) is 27.2 Å². The number of methoxy groups -OCH3 is 1. The highest BCUT2D eigenvalue weighted by Gasteiger charge is 1.98. The Labute approximate surface area is 115 Å². The van der Waals surface area contributed by atoms with Crippen LogP contribution in [-0.4, -0.2) is 12.8 Å². The second-order valence-electron chi connectivity index (χ2n) is 3.90. The molecule has 0 amide bonds. The molecule has 18 heavy (non-hydrogen) atoms. The SMILES string of the molecule is COc1ccc(C(C)=Nc2ccc(Br)cc2)cc1. The molecule has 0 aliphatic carbocycles. The fourth-order valence-electron chi connectivity index (χ4n) is 1.61. The maximum atomic E-state index is 5.14. The zero-order valence-electron chi connectivity index (χ0n) is 10.4. The third-order valence-corrected chi connectivity index (χ3v) is 3.16. The average molecular weight is 304 g/mol. The van der Waals surface area contributed by atoms with Gasteiger partial charge in [-0.2, -0.15) is 0 Å². The van der Waals surface area contributed by atoms with Gasteiger partial charge in [-0.1, -0.05) is 15.9 Å². The smallest absolute Gasteiger partial charge is 0.118 e. The number of aliphatic imine (C=N–C) groups is 1. The van der Waals surface area contributed by atoms with Crippen molar-refractivity contribution in [1.29, 1.82) is 0 Å². The van der Waals surface area contributed by atoms with Crippen LogP contribution in [0, 0.1) is 0 Å². The fourth-order valence-corrected chi connectivity index (χ4v) is 1.87. The molecule has 2 aromatic rings. The molecule has 2 aromatic carbocycles. The summed E-state index contributed by atoms with van der Waals surface area (Å²) in [6, 6.07) is 15.8. The molecule has 0 spiro atoms. The van der Waals surface area contributed by atoms with E-state index in [4.69, 9.17) is 4.74 Å². The molecule has 0 bridgehead atoms. The van der Waals surface area contributed by atoms with E-state index in [0.29, 0.717) is 0 Å². The summed E-state index contributed by atoms with van der Waals surface area (Å²) in [6.07, 6.45) is 0. The predicted octanol–water partition coefficient (Wildman–Crippen LogP) is 4.60. The van der Waals surface area contributed by atoms with Crippen molar-refractivity contribution in [2.75, 3.05) is 7.11 Å². The molecule has 0 N–H and O–H groups in total. The third kappa shape index (κ3) is 3.20. The van der Waals surface area contributed by atoms with Crippen LogP contribution in [0.1, 0.15) is 12.5 Å². The average Bonchev–Trinajstić information content (AvgIpc) is 2.41. The Kier molecular flexibility index (Phi) is 4.15. The summed E-state index contributed by atoms with van der Waals surface area (Å²) >= 11 is 3.41. The van der Waals surface area contributed by atoms with Crippen molar-refractivity contribution in [3.8, 4) is 5.75 Å². The van der Waals surface area contributed by atoms with Gasteiger partial charge in [-0.3, -0.25) is 4.99 Å². The van der Waals surface area contributed by atoms with E-state index in [1.807, 2.05) is 55.5 Å². The van der Waals surface area contributed by atoms with Crippen molar-refractivity contribution in [1.82, 2.24) is 0 Å². The van der Waals surface area contributed by atoms with Crippen LogP contribution >= 0.6 is 15.9 Å². The first-order chi connectivity index (χ1) is 8.69. The maximum absolute atomic E-state index is 5.14. The lowest BCUT2D eigenvalue weighted by atomic mass is 10.1. The number of hydrogen-bond acceptors (Lipinski definition) is 2. The van der Waals surface area contributed by atoms with Crippen molar-refractivity contribution < 1.29 is 4.74 Å².